The molecule has 4 aromatic rings. The van der Waals surface area contributed by atoms with Crippen molar-refractivity contribution in [2.24, 2.45) is 0 Å². The van der Waals surface area contributed by atoms with Crippen LogP contribution in [0.15, 0.2) is 121 Å². The molecular weight excluding hydrogens is 532 g/mol. The summed E-state index contributed by atoms with van der Waals surface area (Å²) >= 11 is 0. The SMILES string of the molecule is CC(=O)OC[C@H]1O[C@H](Oc2ccccc2)[C@@H](OCc2ccccc2)[C@@H](OCc2ccccc2)[C@@H]1OCc1ccccc1. The summed E-state index contributed by atoms with van der Waals surface area (Å²) in [6.07, 6.45) is -3.48. The molecule has 0 aliphatic carbocycles. The first-order valence-corrected chi connectivity index (χ1v) is 14.1. The fraction of sp³-hybridized carbons (Fsp3) is 0.286. The topological polar surface area (TPSA) is 72.5 Å². The van der Waals surface area contributed by atoms with Crippen molar-refractivity contribution in [2.75, 3.05) is 6.61 Å². The summed E-state index contributed by atoms with van der Waals surface area (Å²) in [5.41, 5.74) is 3.00. The summed E-state index contributed by atoms with van der Waals surface area (Å²) in [7, 11) is 0. The lowest BCUT2D eigenvalue weighted by molar-refractivity contribution is -0.308. The van der Waals surface area contributed by atoms with Crippen molar-refractivity contribution in [2.45, 2.75) is 57.5 Å². The van der Waals surface area contributed by atoms with E-state index in [9.17, 15) is 4.79 Å². The highest BCUT2D eigenvalue weighted by molar-refractivity contribution is 5.65. The normalized spacial score (nSPS) is 21.9. The van der Waals surface area contributed by atoms with E-state index >= 15 is 0 Å². The standard InChI is InChI=1S/C35H36O7/c1-26(36)37-25-31-32(38-22-27-14-6-2-7-15-27)33(39-23-28-16-8-3-9-17-28)34(40-24-29-18-10-4-11-19-29)35(42-31)41-30-20-12-5-13-21-30/h2-21,31-35H,22-25H2,1H3/t31-,32-,33+,34+,35+/m1/s1. The Morgan fingerprint density at radius 2 is 1.02 bits per heavy atom. The molecule has 0 aromatic heterocycles. The maximum atomic E-state index is 11.9. The molecule has 7 heteroatoms. The van der Waals surface area contributed by atoms with Gasteiger partial charge in [-0.25, -0.2) is 0 Å². The molecule has 7 nitrogen and oxygen atoms in total. The predicted octanol–water partition coefficient (Wildman–Crippen LogP) is 6.11. The number of para-hydroxylation sites is 1. The van der Waals surface area contributed by atoms with E-state index in [4.69, 9.17) is 28.4 Å². The highest BCUT2D eigenvalue weighted by atomic mass is 16.7. The van der Waals surface area contributed by atoms with Crippen molar-refractivity contribution < 1.29 is 33.2 Å². The van der Waals surface area contributed by atoms with Gasteiger partial charge in [-0.05, 0) is 28.8 Å². The minimum atomic E-state index is -0.867. The number of hydrogen-bond donors (Lipinski definition) is 0. The van der Waals surface area contributed by atoms with Gasteiger partial charge in [0, 0.05) is 6.92 Å². The first kappa shape index (κ1) is 29.5. The summed E-state index contributed by atoms with van der Waals surface area (Å²) in [6.45, 7) is 2.29. The van der Waals surface area contributed by atoms with Crippen LogP contribution in [0.2, 0.25) is 0 Å². The van der Waals surface area contributed by atoms with Gasteiger partial charge in [-0.1, -0.05) is 109 Å². The Labute approximate surface area is 246 Å². The molecule has 218 valence electrons. The Kier molecular flexibility index (Phi) is 10.7. The summed E-state index contributed by atoms with van der Waals surface area (Å²) < 4.78 is 38.0. The number of carbonyl (C=O) groups excluding carboxylic acids is 1. The zero-order valence-electron chi connectivity index (χ0n) is 23.6. The predicted molar refractivity (Wildman–Crippen MR) is 157 cm³/mol. The third kappa shape index (κ3) is 8.50. The fourth-order valence-corrected chi connectivity index (χ4v) is 4.81. The molecule has 0 amide bonds. The molecule has 1 aliphatic heterocycles. The van der Waals surface area contributed by atoms with Crippen molar-refractivity contribution in [1.82, 2.24) is 0 Å². The lowest BCUT2D eigenvalue weighted by atomic mass is 9.97. The van der Waals surface area contributed by atoms with Gasteiger partial charge in [0.2, 0.25) is 6.29 Å². The lowest BCUT2D eigenvalue weighted by Gasteiger charge is -2.45. The molecule has 5 rings (SSSR count). The number of benzene rings is 4. The van der Waals surface area contributed by atoms with Crippen molar-refractivity contribution in [1.29, 1.82) is 0 Å². The van der Waals surface area contributed by atoms with Crippen LogP contribution in [0.3, 0.4) is 0 Å². The maximum absolute atomic E-state index is 11.9. The van der Waals surface area contributed by atoms with Crippen molar-refractivity contribution in [3.8, 4) is 5.75 Å². The summed E-state index contributed by atoms with van der Waals surface area (Å²) in [6, 6.07) is 39.1. The van der Waals surface area contributed by atoms with Crippen LogP contribution in [-0.2, 0) is 48.3 Å². The molecule has 0 bridgehead atoms. The van der Waals surface area contributed by atoms with Gasteiger partial charge in [0.25, 0.3) is 0 Å². The Bertz CT molecular complexity index is 1340. The third-order valence-corrected chi connectivity index (χ3v) is 6.89. The Morgan fingerprint density at radius 1 is 0.595 bits per heavy atom. The smallest absolute Gasteiger partial charge is 0.302 e. The number of carbonyl (C=O) groups is 1. The molecule has 4 aromatic carbocycles. The van der Waals surface area contributed by atoms with Crippen LogP contribution >= 0.6 is 0 Å². The van der Waals surface area contributed by atoms with E-state index in [1.54, 1.807) is 0 Å². The number of rotatable bonds is 13. The molecule has 0 saturated carbocycles. The van der Waals surface area contributed by atoms with E-state index < -0.39 is 36.7 Å². The number of esters is 1. The second-order valence-corrected chi connectivity index (χ2v) is 10.1. The average Bonchev–Trinajstić information content (AvgIpc) is 3.03. The molecule has 5 atom stereocenters. The zero-order chi connectivity index (χ0) is 29.0. The molecule has 1 aliphatic rings. The first-order chi connectivity index (χ1) is 20.7. The molecule has 0 radical (unpaired) electrons. The summed E-state index contributed by atoms with van der Waals surface area (Å²) in [5.74, 6) is 0.206. The van der Waals surface area contributed by atoms with E-state index in [1.807, 2.05) is 121 Å². The van der Waals surface area contributed by atoms with Crippen LogP contribution in [0, 0.1) is 0 Å². The molecule has 1 saturated heterocycles. The van der Waals surface area contributed by atoms with Crippen LogP contribution in [0.1, 0.15) is 23.6 Å². The van der Waals surface area contributed by atoms with Crippen molar-refractivity contribution >= 4 is 5.97 Å². The molecule has 1 fully saturated rings. The monoisotopic (exact) mass is 568 g/mol. The van der Waals surface area contributed by atoms with Crippen molar-refractivity contribution in [3.05, 3.63) is 138 Å². The van der Waals surface area contributed by atoms with Crippen LogP contribution in [0.5, 0.6) is 5.75 Å². The van der Waals surface area contributed by atoms with Crippen LogP contribution < -0.4 is 4.74 Å². The third-order valence-electron chi connectivity index (χ3n) is 6.89. The van der Waals surface area contributed by atoms with Crippen LogP contribution in [0.4, 0.5) is 0 Å². The Balaban J connectivity index is 1.47. The van der Waals surface area contributed by atoms with Gasteiger partial charge in [0.05, 0.1) is 19.8 Å². The highest BCUT2D eigenvalue weighted by Crippen LogP contribution is 2.32. The van der Waals surface area contributed by atoms with Gasteiger partial charge >= 0.3 is 5.97 Å². The van der Waals surface area contributed by atoms with Crippen molar-refractivity contribution in [3.63, 3.8) is 0 Å². The molecule has 1 heterocycles. The van der Waals surface area contributed by atoms with Gasteiger partial charge < -0.3 is 28.4 Å². The lowest BCUT2D eigenvalue weighted by Crippen LogP contribution is -2.62. The summed E-state index contributed by atoms with van der Waals surface area (Å²) in [5, 5.41) is 0. The van der Waals surface area contributed by atoms with Gasteiger partial charge in [0.1, 0.15) is 36.8 Å². The van der Waals surface area contributed by atoms with E-state index in [2.05, 4.69) is 0 Å². The summed E-state index contributed by atoms with van der Waals surface area (Å²) in [4.78, 5) is 11.9. The Hall–Kier alpha value is -4.01. The number of ether oxygens (including phenoxy) is 6. The fourth-order valence-electron chi connectivity index (χ4n) is 4.81. The number of hydrogen-bond acceptors (Lipinski definition) is 7. The quantitative estimate of drug-likeness (QED) is 0.180. The molecular formula is C35H36O7. The molecule has 42 heavy (non-hydrogen) atoms. The molecule has 0 spiro atoms. The molecule has 0 N–H and O–H groups in total. The van der Waals surface area contributed by atoms with Gasteiger partial charge in [-0.3, -0.25) is 4.79 Å². The van der Waals surface area contributed by atoms with Crippen LogP contribution in [-0.4, -0.2) is 43.3 Å². The second kappa shape index (κ2) is 15.3. The van der Waals surface area contributed by atoms with E-state index in [0.29, 0.717) is 25.6 Å². The van der Waals surface area contributed by atoms with Gasteiger partial charge in [-0.15, -0.1) is 0 Å². The van der Waals surface area contributed by atoms with Gasteiger partial charge in [0.15, 0.2) is 0 Å². The zero-order valence-corrected chi connectivity index (χ0v) is 23.6. The largest absolute Gasteiger partial charge is 0.463 e. The second-order valence-electron chi connectivity index (χ2n) is 10.1. The molecule has 0 unspecified atom stereocenters. The minimum absolute atomic E-state index is 0.0277. The van der Waals surface area contributed by atoms with E-state index in [1.165, 1.54) is 6.92 Å². The van der Waals surface area contributed by atoms with E-state index in [0.717, 1.165) is 16.7 Å². The average molecular weight is 569 g/mol. The minimum Gasteiger partial charge on any atom is -0.463 e. The van der Waals surface area contributed by atoms with Gasteiger partial charge in [-0.2, -0.15) is 0 Å². The van der Waals surface area contributed by atoms with E-state index in [-0.39, 0.29) is 6.61 Å². The Morgan fingerprint density at radius 3 is 1.50 bits per heavy atom. The van der Waals surface area contributed by atoms with Crippen LogP contribution in [0.25, 0.3) is 0 Å². The highest BCUT2D eigenvalue weighted by Gasteiger charge is 2.50. The first-order valence-electron chi connectivity index (χ1n) is 14.1. The maximum Gasteiger partial charge on any atom is 0.302 e.